The predicted octanol–water partition coefficient (Wildman–Crippen LogP) is 5.68. The van der Waals surface area contributed by atoms with Crippen molar-refractivity contribution in [2.24, 2.45) is 0 Å². The van der Waals surface area contributed by atoms with E-state index in [4.69, 9.17) is 32.7 Å². The van der Waals surface area contributed by atoms with Gasteiger partial charge in [0.05, 0.1) is 34.6 Å². The number of carbonyl (C=O) groups excluding carboxylic acids is 1. The molecule has 0 aliphatic carbocycles. The number of aromatic nitrogens is 2. The SMILES string of the molecule is CCOC(=O)c1cn(-c2ccc(NS(=O)(=O)CC)cc2)c2cc(N3CCC[C@@H]3COc3ncccc3Cl)c(Cl)cc2c1=O. The van der Waals surface area contributed by atoms with Crippen molar-refractivity contribution in [1.82, 2.24) is 9.55 Å². The maximum absolute atomic E-state index is 13.5. The Kier molecular flexibility index (Phi) is 9.14. The summed E-state index contributed by atoms with van der Waals surface area (Å²) in [5.74, 6) is -0.463. The molecule has 1 aliphatic heterocycles. The van der Waals surface area contributed by atoms with E-state index in [1.165, 1.54) is 6.20 Å². The number of esters is 1. The summed E-state index contributed by atoms with van der Waals surface area (Å²) in [7, 11) is -3.47. The standard InChI is InChI=1S/C30H30Cl2N4O6S/c1-3-41-30(38)23-17-36(20-11-9-19(10-12-20)34-43(39,40)4-2)26-16-27(25(32)15-22(26)28(23)37)35-14-6-7-21(35)18-42-29-24(31)8-5-13-33-29/h5,8-13,15-17,21,34H,3-4,6-7,14,18H2,1-2H3/t21-/m1/s1. The number of hydrogen-bond donors (Lipinski definition) is 1. The number of pyridine rings is 2. The minimum absolute atomic E-state index is 0.0297. The molecule has 4 aromatic rings. The number of sulfonamides is 1. The topological polar surface area (TPSA) is 120 Å². The van der Waals surface area contributed by atoms with Crippen LogP contribution >= 0.6 is 23.2 Å². The lowest BCUT2D eigenvalue weighted by atomic mass is 10.1. The summed E-state index contributed by atoms with van der Waals surface area (Å²) in [5.41, 5.74) is 1.55. The van der Waals surface area contributed by atoms with E-state index in [0.717, 1.165) is 12.8 Å². The van der Waals surface area contributed by atoms with Crippen LogP contribution in [0.2, 0.25) is 10.0 Å². The van der Waals surface area contributed by atoms with E-state index in [2.05, 4.69) is 14.6 Å². The highest BCUT2D eigenvalue weighted by molar-refractivity contribution is 7.92. The monoisotopic (exact) mass is 644 g/mol. The van der Waals surface area contributed by atoms with Crippen LogP contribution in [0.4, 0.5) is 11.4 Å². The normalized spacial score (nSPS) is 15.1. The number of nitrogens with one attached hydrogen (secondary N) is 1. The van der Waals surface area contributed by atoms with Crippen molar-refractivity contribution in [3.63, 3.8) is 0 Å². The number of halogens is 2. The van der Waals surface area contributed by atoms with Crippen molar-refractivity contribution in [1.29, 1.82) is 0 Å². The fourth-order valence-electron chi connectivity index (χ4n) is 5.04. The van der Waals surface area contributed by atoms with Gasteiger partial charge in [0, 0.05) is 35.7 Å². The summed E-state index contributed by atoms with van der Waals surface area (Å²) in [6, 6.07) is 13.4. The molecule has 0 spiro atoms. The van der Waals surface area contributed by atoms with Crippen LogP contribution in [0.25, 0.3) is 16.6 Å². The minimum atomic E-state index is -3.47. The van der Waals surface area contributed by atoms with Crippen molar-refractivity contribution in [3.8, 4) is 11.6 Å². The van der Waals surface area contributed by atoms with E-state index < -0.39 is 21.4 Å². The third-order valence-corrected chi connectivity index (χ3v) is 9.09. The summed E-state index contributed by atoms with van der Waals surface area (Å²) in [4.78, 5) is 32.6. The molecule has 1 saturated heterocycles. The Morgan fingerprint density at radius 2 is 1.88 bits per heavy atom. The Morgan fingerprint density at radius 1 is 1.12 bits per heavy atom. The van der Waals surface area contributed by atoms with Gasteiger partial charge >= 0.3 is 5.97 Å². The second kappa shape index (κ2) is 12.8. The molecular weight excluding hydrogens is 615 g/mol. The zero-order valence-electron chi connectivity index (χ0n) is 23.5. The highest BCUT2D eigenvalue weighted by atomic mass is 35.5. The average Bonchev–Trinajstić information content (AvgIpc) is 3.46. The van der Waals surface area contributed by atoms with E-state index in [1.54, 1.807) is 67.1 Å². The summed E-state index contributed by atoms with van der Waals surface area (Å²) >= 11 is 13.0. The number of benzene rings is 2. The zero-order chi connectivity index (χ0) is 30.7. The van der Waals surface area contributed by atoms with Crippen LogP contribution in [0, 0.1) is 0 Å². The predicted molar refractivity (Wildman–Crippen MR) is 169 cm³/mol. The van der Waals surface area contributed by atoms with Gasteiger partial charge < -0.3 is 18.9 Å². The van der Waals surface area contributed by atoms with Crippen molar-refractivity contribution in [2.75, 3.05) is 35.1 Å². The molecule has 0 saturated carbocycles. The molecule has 10 nitrogen and oxygen atoms in total. The average molecular weight is 646 g/mol. The first-order valence-corrected chi connectivity index (χ1v) is 16.2. The Hall–Kier alpha value is -3.80. The Balaban J connectivity index is 1.58. The van der Waals surface area contributed by atoms with Crippen LogP contribution < -0.4 is 19.8 Å². The first kappa shape index (κ1) is 30.7. The lowest BCUT2D eigenvalue weighted by Gasteiger charge is -2.28. The summed E-state index contributed by atoms with van der Waals surface area (Å²) < 4.78 is 39.4. The molecule has 0 amide bonds. The molecule has 1 N–H and O–H groups in total. The van der Waals surface area contributed by atoms with E-state index in [9.17, 15) is 18.0 Å². The Labute approximate surface area is 259 Å². The maximum atomic E-state index is 13.5. The molecule has 2 aromatic carbocycles. The van der Waals surface area contributed by atoms with Gasteiger partial charge in [-0.25, -0.2) is 18.2 Å². The minimum Gasteiger partial charge on any atom is -0.474 e. The van der Waals surface area contributed by atoms with Crippen LogP contribution in [0.1, 0.15) is 37.0 Å². The van der Waals surface area contributed by atoms with Gasteiger partial charge in [-0.15, -0.1) is 0 Å². The number of nitrogens with zero attached hydrogens (tertiary/aromatic N) is 3. The fraction of sp³-hybridized carbons (Fsp3) is 0.300. The number of ether oxygens (including phenoxy) is 2. The van der Waals surface area contributed by atoms with Crippen LogP contribution in [0.3, 0.4) is 0 Å². The quantitative estimate of drug-likeness (QED) is 0.219. The molecule has 1 fully saturated rings. The Bertz CT molecular complexity index is 1830. The van der Waals surface area contributed by atoms with Gasteiger partial charge in [-0.05, 0) is 75.2 Å². The molecule has 1 atom stereocenters. The molecule has 0 unspecified atom stereocenters. The summed E-state index contributed by atoms with van der Waals surface area (Å²) in [6.07, 6.45) is 4.81. The van der Waals surface area contributed by atoms with Crippen LogP contribution in [-0.4, -0.2) is 55.5 Å². The second-order valence-corrected chi connectivity index (χ2v) is 12.8. The molecule has 1 aliphatic rings. The van der Waals surface area contributed by atoms with E-state index in [1.807, 2.05) is 6.07 Å². The third-order valence-electron chi connectivity index (χ3n) is 7.19. The Morgan fingerprint density at radius 3 is 2.58 bits per heavy atom. The number of carbonyl (C=O) groups is 1. The van der Waals surface area contributed by atoms with Gasteiger partial charge in [-0.3, -0.25) is 9.52 Å². The van der Waals surface area contributed by atoms with E-state index in [-0.39, 0.29) is 29.4 Å². The maximum Gasteiger partial charge on any atom is 0.343 e. The first-order valence-electron chi connectivity index (χ1n) is 13.8. The number of anilines is 2. The molecular formula is C30H30Cl2N4O6S. The van der Waals surface area contributed by atoms with Gasteiger partial charge in [-0.2, -0.15) is 0 Å². The third kappa shape index (κ3) is 6.58. The van der Waals surface area contributed by atoms with Gasteiger partial charge in [0.1, 0.15) is 17.2 Å². The van der Waals surface area contributed by atoms with Crippen LogP contribution in [-0.2, 0) is 14.8 Å². The molecule has 5 rings (SSSR count). The van der Waals surface area contributed by atoms with Gasteiger partial charge in [0.2, 0.25) is 21.3 Å². The van der Waals surface area contributed by atoms with Crippen molar-refractivity contribution in [2.45, 2.75) is 32.7 Å². The smallest absolute Gasteiger partial charge is 0.343 e. The van der Waals surface area contributed by atoms with Gasteiger partial charge in [0.25, 0.3) is 0 Å². The van der Waals surface area contributed by atoms with Crippen LogP contribution in [0.5, 0.6) is 5.88 Å². The number of fused-ring (bicyclic) bond motifs is 1. The molecule has 0 bridgehead atoms. The van der Waals surface area contributed by atoms with E-state index >= 15 is 0 Å². The van der Waals surface area contributed by atoms with E-state index in [0.29, 0.717) is 51.7 Å². The summed E-state index contributed by atoms with van der Waals surface area (Å²) in [6.45, 7) is 4.36. The second-order valence-electron chi connectivity index (χ2n) is 9.93. The molecule has 0 radical (unpaired) electrons. The highest BCUT2D eigenvalue weighted by Crippen LogP contribution is 2.36. The highest BCUT2D eigenvalue weighted by Gasteiger charge is 2.29. The van der Waals surface area contributed by atoms with Crippen molar-refractivity contribution >= 4 is 61.5 Å². The van der Waals surface area contributed by atoms with Gasteiger partial charge in [-0.1, -0.05) is 23.2 Å². The fourth-order valence-corrected chi connectivity index (χ4v) is 6.13. The van der Waals surface area contributed by atoms with Gasteiger partial charge in [0.15, 0.2) is 0 Å². The zero-order valence-corrected chi connectivity index (χ0v) is 25.9. The number of rotatable bonds is 10. The largest absolute Gasteiger partial charge is 0.474 e. The number of hydrogen-bond acceptors (Lipinski definition) is 8. The molecule has 3 heterocycles. The van der Waals surface area contributed by atoms with Crippen molar-refractivity contribution in [3.05, 3.63) is 86.8 Å². The molecule has 13 heteroatoms. The molecule has 43 heavy (non-hydrogen) atoms. The summed E-state index contributed by atoms with van der Waals surface area (Å²) in [5, 5.41) is 1.01. The molecule has 2 aromatic heterocycles. The molecule has 226 valence electrons. The first-order chi connectivity index (χ1) is 20.6. The lowest BCUT2D eigenvalue weighted by Crippen LogP contribution is -2.34. The lowest BCUT2D eigenvalue weighted by molar-refractivity contribution is 0.0524. The van der Waals surface area contributed by atoms with Crippen molar-refractivity contribution < 1.29 is 22.7 Å². The van der Waals surface area contributed by atoms with Crippen LogP contribution in [0.15, 0.2) is 65.7 Å².